The van der Waals surface area contributed by atoms with Crippen molar-refractivity contribution in [2.24, 2.45) is 0 Å². The lowest BCUT2D eigenvalue weighted by Gasteiger charge is -1.81. The van der Waals surface area contributed by atoms with E-state index in [4.69, 9.17) is 5.26 Å². The van der Waals surface area contributed by atoms with Crippen molar-refractivity contribution in [2.75, 3.05) is 0 Å². The molecule has 0 aromatic carbocycles. The van der Waals surface area contributed by atoms with Gasteiger partial charge in [0, 0.05) is 0 Å². The van der Waals surface area contributed by atoms with Crippen molar-refractivity contribution < 1.29 is 4.39 Å². The largest absolute Gasteiger partial charge is 0.204 e. The fourth-order valence-corrected chi connectivity index (χ4v) is 5.32. The molecule has 2 aromatic rings. The first kappa shape index (κ1) is 9.59. The number of nitriles is 1. The van der Waals surface area contributed by atoms with Gasteiger partial charge in [-0.3, -0.25) is 0 Å². The molecule has 1 nitrogen and oxygen atoms in total. The van der Waals surface area contributed by atoms with Gasteiger partial charge in [0.15, 0.2) is 5.82 Å². The summed E-state index contributed by atoms with van der Waals surface area (Å²) < 4.78 is 15.8. The van der Waals surface area contributed by atoms with E-state index in [1.165, 1.54) is 22.7 Å². The zero-order chi connectivity index (χ0) is 9.59. The summed E-state index contributed by atoms with van der Waals surface area (Å²) in [4.78, 5) is 0.138. The average molecular weight is 341 g/mol. The molecule has 6 heteroatoms. The Morgan fingerprint density at radius 3 is 2.46 bits per heavy atom. The maximum Gasteiger partial charge on any atom is 0.161 e. The number of hydrogen-bond donors (Lipinski definition) is 0. The molecule has 0 unspecified atom stereocenters. The smallest absolute Gasteiger partial charge is 0.161 e. The highest BCUT2D eigenvalue weighted by Gasteiger charge is 2.18. The Morgan fingerprint density at radius 1 is 1.23 bits per heavy atom. The highest BCUT2D eigenvalue weighted by molar-refractivity contribution is 9.12. The molecule has 0 aliphatic carbocycles. The number of halogens is 3. The second kappa shape index (κ2) is 3.31. The van der Waals surface area contributed by atoms with Crippen LogP contribution in [-0.4, -0.2) is 0 Å². The molecule has 0 N–H and O–H groups in total. The molecule has 0 atom stereocenters. The third-order valence-electron chi connectivity index (χ3n) is 1.51. The number of fused-ring (bicyclic) bond motifs is 1. The Balaban J connectivity index is 2.95. The van der Waals surface area contributed by atoms with Crippen molar-refractivity contribution >= 4 is 64.6 Å². The van der Waals surface area contributed by atoms with Gasteiger partial charge in [-0.25, -0.2) is 4.39 Å². The van der Waals surface area contributed by atoms with Gasteiger partial charge in [0.2, 0.25) is 0 Å². The summed E-state index contributed by atoms with van der Waals surface area (Å²) in [6.45, 7) is 0. The molecule has 2 aromatic heterocycles. The van der Waals surface area contributed by atoms with E-state index in [0.29, 0.717) is 5.39 Å². The van der Waals surface area contributed by atoms with Crippen LogP contribution in [0.4, 0.5) is 4.39 Å². The van der Waals surface area contributed by atoms with Crippen LogP contribution in [0, 0.1) is 17.1 Å². The summed E-state index contributed by atoms with van der Waals surface area (Å²) in [5.74, 6) is -0.420. The highest BCUT2D eigenvalue weighted by Crippen LogP contribution is 2.45. The summed E-state index contributed by atoms with van der Waals surface area (Å²) in [6.07, 6.45) is 0. The Hall–Kier alpha value is 0.0400. The molecular formula is C7Br2FNS2. The zero-order valence-electron chi connectivity index (χ0n) is 5.90. The van der Waals surface area contributed by atoms with E-state index in [-0.39, 0.29) is 4.88 Å². The van der Waals surface area contributed by atoms with E-state index < -0.39 is 5.82 Å². The summed E-state index contributed by atoms with van der Waals surface area (Å²) in [7, 11) is 0. The molecule has 0 spiro atoms. The molecular weight excluding hydrogens is 341 g/mol. The lowest BCUT2D eigenvalue weighted by Crippen LogP contribution is -1.70. The molecule has 2 rings (SSSR count). The summed E-state index contributed by atoms with van der Waals surface area (Å²) >= 11 is 9.16. The minimum atomic E-state index is -0.420. The summed E-state index contributed by atoms with van der Waals surface area (Å²) in [5.41, 5.74) is 0. The standard InChI is InChI=1S/C7Br2FNS2/c8-6-3-4(10)2(1-11)12-5(3)7(9)13-6. The number of nitrogens with zero attached hydrogens (tertiary/aromatic N) is 1. The van der Waals surface area contributed by atoms with E-state index in [9.17, 15) is 4.39 Å². The molecule has 0 bridgehead atoms. The van der Waals surface area contributed by atoms with Gasteiger partial charge in [-0.15, -0.1) is 22.7 Å². The van der Waals surface area contributed by atoms with Crippen molar-refractivity contribution in [1.29, 1.82) is 5.26 Å². The van der Waals surface area contributed by atoms with E-state index >= 15 is 0 Å². The van der Waals surface area contributed by atoms with E-state index in [2.05, 4.69) is 31.9 Å². The lowest BCUT2D eigenvalue weighted by atomic mass is 10.3. The molecule has 0 amide bonds. The van der Waals surface area contributed by atoms with E-state index in [1.54, 1.807) is 0 Å². The zero-order valence-corrected chi connectivity index (χ0v) is 10.7. The molecule has 0 fully saturated rings. The third kappa shape index (κ3) is 1.34. The van der Waals surface area contributed by atoms with Gasteiger partial charge in [-0.05, 0) is 31.9 Å². The third-order valence-corrected chi connectivity index (χ3v) is 5.52. The van der Waals surface area contributed by atoms with Gasteiger partial charge in [-0.1, -0.05) is 0 Å². The minimum Gasteiger partial charge on any atom is -0.204 e. The van der Waals surface area contributed by atoms with Crippen molar-refractivity contribution in [3.8, 4) is 6.07 Å². The van der Waals surface area contributed by atoms with Gasteiger partial charge < -0.3 is 0 Å². The maximum atomic E-state index is 13.4. The molecule has 13 heavy (non-hydrogen) atoms. The molecule has 0 aliphatic rings. The Kier molecular flexibility index (Phi) is 2.45. The second-order valence-electron chi connectivity index (χ2n) is 2.21. The quantitative estimate of drug-likeness (QED) is 0.692. The Labute approximate surface area is 98.1 Å². The van der Waals surface area contributed by atoms with Crippen LogP contribution in [0.3, 0.4) is 0 Å². The van der Waals surface area contributed by atoms with Crippen LogP contribution in [0.15, 0.2) is 7.57 Å². The van der Waals surface area contributed by atoms with Crippen molar-refractivity contribution in [3.63, 3.8) is 0 Å². The van der Waals surface area contributed by atoms with E-state index in [0.717, 1.165) is 12.3 Å². The minimum absolute atomic E-state index is 0.138. The monoisotopic (exact) mass is 339 g/mol. The van der Waals surface area contributed by atoms with Gasteiger partial charge in [0.1, 0.15) is 10.9 Å². The SMILES string of the molecule is N#Cc1sc2c(Br)sc(Br)c2c1F. The van der Waals surface area contributed by atoms with E-state index in [1.807, 2.05) is 6.07 Å². The highest BCUT2D eigenvalue weighted by atomic mass is 79.9. The Bertz CT molecular complexity index is 523. The van der Waals surface area contributed by atoms with Crippen LogP contribution in [0.2, 0.25) is 0 Å². The van der Waals surface area contributed by atoms with Gasteiger partial charge in [0.25, 0.3) is 0 Å². The first-order chi connectivity index (χ1) is 6.15. The predicted octanol–water partition coefficient (Wildman–Crippen LogP) is 4.50. The van der Waals surface area contributed by atoms with Crippen LogP contribution in [0.25, 0.3) is 10.1 Å². The van der Waals surface area contributed by atoms with Crippen LogP contribution < -0.4 is 0 Å². The van der Waals surface area contributed by atoms with Gasteiger partial charge in [0.05, 0.1) is 17.7 Å². The molecule has 0 saturated carbocycles. The van der Waals surface area contributed by atoms with Crippen LogP contribution >= 0.6 is 54.5 Å². The van der Waals surface area contributed by atoms with Gasteiger partial charge in [-0.2, -0.15) is 5.26 Å². The van der Waals surface area contributed by atoms with Crippen LogP contribution in [0.5, 0.6) is 0 Å². The first-order valence-corrected chi connectivity index (χ1v) is 6.33. The number of thiophene rings is 2. The molecule has 2 heterocycles. The van der Waals surface area contributed by atoms with Crippen molar-refractivity contribution in [3.05, 3.63) is 18.3 Å². The normalized spacial score (nSPS) is 10.6. The van der Waals surface area contributed by atoms with Crippen molar-refractivity contribution in [1.82, 2.24) is 0 Å². The first-order valence-electron chi connectivity index (χ1n) is 3.11. The summed E-state index contributed by atoms with van der Waals surface area (Å²) in [6, 6.07) is 1.83. The molecule has 0 radical (unpaired) electrons. The fourth-order valence-electron chi connectivity index (χ4n) is 0.973. The number of hydrogen-bond acceptors (Lipinski definition) is 3. The van der Waals surface area contributed by atoms with Gasteiger partial charge >= 0.3 is 0 Å². The van der Waals surface area contributed by atoms with Crippen LogP contribution in [-0.2, 0) is 0 Å². The molecule has 66 valence electrons. The summed E-state index contributed by atoms with van der Waals surface area (Å²) in [5, 5.41) is 9.13. The topological polar surface area (TPSA) is 23.8 Å². The van der Waals surface area contributed by atoms with Crippen LogP contribution in [0.1, 0.15) is 4.88 Å². The average Bonchev–Trinajstić information content (AvgIpc) is 2.54. The lowest BCUT2D eigenvalue weighted by molar-refractivity contribution is 0.641. The molecule has 0 saturated heterocycles. The Morgan fingerprint density at radius 2 is 1.92 bits per heavy atom. The van der Waals surface area contributed by atoms with Crippen molar-refractivity contribution in [2.45, 2.75) is 0 Å². The maximum absolute atomic E-state index is 13.4. The fraction of sp³-hybridized carbons (Fsp3) is 0. The number of rotatable bonds is 0. The predicted molar refractivity (Wildman–Crippen MR) is 59.8 cm³/mol. The second-order valence-corrected chi connectivity index (χ2v) is 6.89. The molecule has 0 aliphatic heterocycles.